The molecule has 1 fully saturated rings. The second-order valence-corrected chi connectivity index (χ2v) is 6.43. The number of hydrogen-bond donors (Lipinski definition) is 1. The Bertz CT molecular complexity index is 186. The Morgan fingerprint density at radius 2 is 1.47 bits per heavy atom. The third-order valence-corrected chi connectivity index (χ3v) is 4.48. The average Bonchev–Trinajstić information content (AvgIpc) is 2.43. The summed E-state index contributed by atoms with van der Waals surface area (Å²) in [6.07, 6.45) is 14.2. The van der Waals surface area contributed by atoms with Gasteiger partial charge in [0.25, 0.3) is 0 Å². The van der Waals surface area contributed by atoms with E-state index in [2.05, 4.69) is 24.2 Å². The topological polar surface area (TPSA) is 15.3 Å². The quantitative estimate of drug-likeness (QED) is 0.569. The van der Waals surface area contributed by atoms with Crippen LogP contribution in [0.4, 0.5) is 0 Å². The largest absolute Gasteiger partial charge is 0.316 e. The van der Waals surface area contributed by atoms with E-state index in [0.29, 0.717) is 0 Å². The Hall–Kier alpha value is -0.0800. The third-order valence-electron chi connectivity index (χ3n) is 4.48. The Kier molecular flexibility index (Phi) is 10.5. The van der Waals surface area contributed by atoms with Crippen LogP contribution in [-0.4, -0.2) is 38.1 Å². The highest BCUT2D eigenvalue weighted by atomic mass is 15.1. The molecule has 0 radical (unpaired) electrons. The molecule has 1 N–H and O–H groups in total. The van der Waals surface area contributed by atoms with Crippen molar-refractivity contribution in [2.75, 3.05) is 33.2 Å². The standard InChI is InChI=1S/C17H36N2/c1-3-4-5-6-7-8-9-10-13-18-16-17-11-14-19(2)15-12-17/h17-18H,3-16H2,1-2H3. The molecule has 0 bridgehead atoms. The SMILES string of the molecule is CCCCCCCCCCNCC1CCN(C)CC1. The Morgan fingerprint density at radius 3 is 2.11 bits per heavy atom. The van der Waals surface area contributed by atoms with Crippen LogP contribution in [0.2, 0.25) is 0 Å². The fourth-order valence-electron chi connectivity index (χ4n) is 2.96. The highest BCUT2D eigenvalue weighted by Gasteiger charge is 2.15. The predicted octanol–water partition coefficient (Wildman–Crippen LogP) is 4.06. The van der Waals surface area contributed by atoms with E-state index < -0.39 is 0 Å². The van der Waals surface area contributed by atoms with E-state index in [-0.39, 0.29) is 0 Å². The minimum atomic E-state index is 0.935. The fourth-order valence-corrected chi connectivity index (χ4v) is 2.96. The van der Waals surface area contributed by atoms with Gasteiger partial charge in [0, 0.05) is 0 Å². The lowest BCUT2D eigenvalue weighted by molar-refractivity contribution is 0.216. The molecule has 1 aliphatic heterocycles. The molecule has 0 spiro atoms. The molecular weight excluding hydrogens is 232 g/mol. The molecule has 0 aromatic carbocycles. The zero-order chi connectivity index (χ0) is 13.8. The molecule has 2 nitrogen and oxygen atoms in total. The normalized spacial score (nSPS) is 18.0. The van der Waals surface area contributed by atoms with Crippen molar-refractivity contribution in [2.24, 2.45) is 5.92 Å². The van der Waals surface area contributed by atoms with Crippen molar-refractivity contribution in [3.8, 4) is 0 Å². The van der Waals surface area contributed by atoms with E-state index in [1.54, 1.807) is 0 Å². The van der Waals surface area contributed by atoms with Gasteiger partial charge in [-0.15, -0.1) is 0 Å². The number of likely N-dealkylation sites (tertiary alicyclic amines) is 1. The van der Waals surface area contributed by atoms with Crippen LogP contribution in [0.25, 0.3) is 0 Å². The average molecular weight is 268 g/mol. The molecule has 114 valence electrons. The maximum atomic E-state index is 3.66. The van der Waals surface area contributed by atoms with Crippen molar-refractivity contribution >= 4 is 0 Å². The van der Waals surface area contributed by atoms with Crippen LogP contribution in [0.3, 0.4) is 0 Å². The van der Waals surface area contributed by atoms with Gasteiger partial charge in [-0.3, -0.25) is 0 Å². The molecule has 0 amide bonds. The molecule has 0 saturated carbocycles. The molecule has 1 heterocycles. The lowest BCUT2D eigenvalue weighted by Gasteiger charge is -2.29. The van der Waals surface area contributed by atoms with Gasteiger partial charge in [-0.1, -0.05) is 51.9 Å². The lowest BCUT2D eigenvalue weighted by Crippen LogP contribution is -2.35. The van der Waals surface area contributed by atoms with E-state index >= 15 is 0 Å². The molecule has 1 aliphatic rings. The number of nitrogens with one attached hydrogen (secondary N) is 1. The van der Waals surface area contributed by atoms with Crippen molar-refractivity contribution < 1.29 is 0 Å². The van der Waals surface area contributed by atoms with Gasteiger partial charge in [-0.25, -0.2) is 0 Å². The second-order valence-electron chi connectivity index (χ2n) is 6.43. The van der Waals surface area contributed by atoms with E-state index in [1.807, 2.05) is 0 Å². The van der Waals surface area contributed by atoms with E-state index in [0.717, 1.165) is 5.92 Å². The number of piperidine rings is 1. The molecule has 0 aromatic rings. The van der Waals surface area contributed by atoms with Crippen LogP contribution in [-0.2, 0) is 0 Å². The molecule has 2 heteroatoms. The van der Waals surface area contributed by atoms with E-state index in [4.69, 9.17) is 0 Å². The first-order valence-corrected chi connectivity index (χ1v) is 8.72. The molecule has 0 unspecified atom stereocenters. The van der Waals surface area contributed by atoms with Crippen molar-refractivity contribution in [1.29, 1.82) is 0 Å². The lowest BCUT2D eigenvalue weighted by atomic mass is 9.97. The molecule has 0 aliphatic carbocycles. The smallest absolute Gasteiger partial charge is 0.00187 e. The van der Waals surface area contributed by atoms with Gasteiger partial charge in [0.2, 0.25) is 0 Å². The summed E-state index contributed by atoms with van der Waals surface area (Å²) in [4.78, 5) is 2.45. The van der Waals surface area contributed by atoms with Crippen LogP contribution >= 0.6 is 0 Å². The summed E-state index contributed by atoms with van der Waals surface area (Å²) in [5.74, 6) is 0.935. The van der Waals surface area contributed by atoms with Crippen LogP contribution in [0.5, 0.6) is 0 Å². The molecule has 0 aromatic heterocycles. The van der Waals surface area contributed by atoms with Crippen LogP contribution in [0.15, 0.2) is 0 Å². The summed E-state index contributed by atoms with van der Waals surface area (Å²) in [5.41, 5.74) is 0. The van der Waals surface area contributed by atoms with Gasteiger partial charge in [-0.2, -0.15) is 0 Å². The molecular formula is C17H36N2. The summed E-state index contributed by atoms with van der Waals surface area (Å²) >= 11 is 0. The van der Waals surface area contributed by atoms with E-state index in [9.17, 15) is 0 Å². The van der Waals surface area contributed by atoms with Gasteiger partial charge >= 0.3 is 0 Å². The van der Waals surface area contributed by atoms with Crippen molar-refractivity contribution in [3.63, 3.8) is 0 Å². The minimum absolute atomic E-state index is 0.935. The summed E-state index contributed by atoms with van der Waals surface area (Å²) < 4.78 is 0. The number of nitrogens with zero attached hydrogens (tertiary/aromatic N) is 1. The first-order valence-electron chi connectivity index (χ1n) is 8.72. The van der Waals surface area contributed by atoms with Crippen LogP contribution in [0.1, 0.15) is 71.1 Å². The number of hydrogen-bond acceptors (Lipinski definition) is 2. The Balaban J connectivity index is 1.76. The van der Waals surface area contributed by atoms with Crippen LogP contribution in [0, 0.1) is 5.92 Å². The highest BCUT2D eigenvalue weighted by Crippen LogP contribution is 2.14. The van der Waals surface area contributed by atoms with Crippen molar-refractivity contribution in [1.82, 2.24) is 10.2 Å². The first-order chi connectivity index (χ1) is 9.33. The fraction of sp³-hybridized carbons (Fsp3) is 1.00. The summed E-state index contributed by atoms with van der Waals surface area (Å²) in [6.45, 7) is 7.37. The summed E-state index contributed by atoms with van der Waals surface area (Å²) in [6, 6.07) is 0. The zero-order valence-corrected chi connectivity index (χ0v) is 13.4. The minimum Gasteiger partial charge on any atom is -0.316 e. The molecule has 0 atom stereocenters. The Labute approximate surface area is 121 Å². The van der Waals surface area contributed by atoms with Gasteiger partial charge in [0.1, 0.15) is 0 Å². The summed E-state index contributed by atoms with van der Waals surface area (Å²) in [5, 5.41) is 3.66. The summed E-state index contributed by atoms with van der Waals surface area (Å²) in [7, 11) is 2.24. The van der Waals surface area contributed by atoms with Crippen molar-refractivity contribution in [2.45, 2.75) is 71.1 Å². The molecule has 1 saturated heterocycles. The number of unbranched alkanes of at least 4 members (excludes halogenated alkanes) is 7. The van der Waals surface area contributed by atoms with Crippen molar-refractivity contribution in [3.05, 3.63) is 0 Å². The van der Waals surface area contributed by atoms with E-state index in [1.165, 1.54) is 90.4 Å². The van der Waals surface area contributed by atoms with Gasteiger partial charge in [0.05, 0.1) is 0 Å². The predicted molar refractivity (Wildman–Crippen MR) is 85.7 cm³/mol. The maximum Gasteiger partial charge on any atom is -0.00187 e. The maximum absolute atomic E-state index is 3.66. The third kappa shape index (κ3) is 9.45. The highest BCUT2D eigenvalue weighted by molar-refractivity contribution is 4.71. The molecule has 19 heavy (non-hydrogen) atoms. The molecule has 1 rings (SSSR count). The monoisotopic (exact) mass is 268 g/mol. The van der Waals surface area contributed by atoms with Crippen LogP contribution < -0.4 is 5.32 Å². The first kappa shape index (κ1) is 17.0. The number of rotatable bonds is 11. The van der Waals surface area contributed by atoms with Gasteiger partial charge in [0.15, 0.2) is 0 Å². The van der Waals surface area contributed by atoms with Gasteiger partial charge < -0.3 is 10.2 Å². The Morgan fingerprint density at radius 1 is 0.895 bits per heavy atom. The van der Waals surface area contributed by atoms with Gasteiger partial charge in [-0.05, 0) is 58.4 Å². The zero-order valence-electron chi connectivity index (χ0n) is 13.4. The second kappa shape index (κ2) is 11.7.